The minimum absolute atomic E-state index is 0.0421. The van der Waals surface area contributed by atoms with E-state index >= 15 is 0 Å². The minimum atomic E-state index is -0.0421. The van der Waals surface area contributed by atoms with Gasteiger partial charge >= 0.3 is 0 Å². The van der Waals surface area contributed by atoms with Gasteiger partial charge in [-0.3, -0.25) is 9.89 Å². The highest BCUT2D eigenvalue weighted by atomic mass is 32.1. The third kappa shape index (κ3) is 2.73. The molecule has 0 saturated carbocycles. The van der Waals surface area contributed by atoms with Crippen LogP contribution in [0.1, 0.15) is 29.1 Å². The molecule has 0 saturated heterocycles. The summed E-state index contributed by atoms with van der Waals surface area (Å²) in [4.78, 5) is 16.0. The lowest BCUT2D eigenvalue weighted by atomic mass is 10.1. The van der Waals surface area contributed by atoms with Crippen LogP contribution in [-0.4, -0.2) is 42.3 Å². The van der Waals surface area contributed by atoms with Crippen LogP contribution >= 0.6 is 11.3 Å². The predicted molar refractivity (Wildman–Crippen MR) is 107 cm³/mol. The zero-order valence-electron chi connectivity index (χ0n) is 15.2. The van der Waals surface area contributed by atoms with Crippen LogP contribution in [0.25, 0.3) is 22.0 Å². The highest BCUT2D eigenvalue weighted by molar-refractivity contribution is 7.13. The van der Waals surface area contributed by atoms with Crippen molar-refractivity contribution in [3.05, 3.63) is 65.4 Å². The number of carbonyl (C=O) groups excluding carboxylic acids is 1. The Kier molecular flexibility index (Phi) is 4.05. The lowest BCUT2D eigenvalue weighted by Gasteiger charge is -2.32. The molecule has 5 rings (SSSR count). The number of aromatic amines is 1. The van der Waals surface area contributed by atoms with E-state index in [2.05, 4.69) is 31.9 Å². The second-order valence-electron chi connectivity index (χ2n) is 6.85. The average molecular weight is 390 g/mol. The van der Waals surface area contributed by atoms with E-state index in [1.165, 1.54) is 0 Å². The Morgan fingerprint density at radius 1 is 1.18 bits per heavy atom. The van der Waals surface area contributed by atoms with Gasteiger partial charge in [-0.15, -0.1) is 21.5 Å². The van der Waals surface area contributed by atoms with E-state index in [1.54, 1.807) is 17.5 Å². The zero-order chi connectivity index (χ0) is 19.1. The number of amides is 1. The quantitative estimate of drug-likeness (QED) is 0.579. The summed E-state index contributed by atoms with van der Waals surface area (Å²) in [5.74, 6) is 1.60. The predicted octanol–water partition coefficient (Wildman–Crippen LogP) is 3.61. The molecule has 1 atom stereocenters. The molecule has 8 heteroatoms. The van der Waals surface area contributed by atoms with Crippen LogP contribution in [0.3, 0.4) is 0 Å². The van der Waals surface area contributed by atoms with Gasteiger partial charge in [0.05, 0.1) is 34.9 Å². The lowest BCUT2D eigenvalue weighted by Crippen LogP contribution is -2.40. The molecule has 0 fully saturated rings. The van der Waals surface area contributed by atoms with Gasteiger partial charge in [-0.2, -0.15) is 5.10 Å². The molecule has 0 unspecified atom stereocenters. The summed E-state index contributed by atoms with van der Waals surface area (Å²) >= 11 is 1.58. The number of benzene rings is 1. The van der Waals surface area contributed by atoms with Crippen molar-refractivity contribution in [3.8, 4) is 22.0 Å². The summed E-state index contributed by atoms with van der Waals surface area (Å²) in [7, 11) is 0. The van der Waals surface area contributed by atoms with E-state index in [0.717, 1.165) is 27.8 Å². The molecule has 140 valence electrons. The van der Waals surface area contributed by atoms with Gasteiger partial charge < -0.3 is 9.47 Å². The number of fused-ring (bicyclic) bond motifs is 1. The van der Waals surface area contributed by atoms with Gasteiger partial charge in [0.2, 0.25) is 0 Å². The van der Waals surface area contributed by atoms with E-state index < -0.39 is 0 Å². The van der Waals surface area contributed by atoms with Gasteiger partial charge in [0.15, 0.2) is 11.6 Å². The number of hydrogen-bond donors (Lipinski definition) is 1. The maximum atomic E-state index is 13.2. The van der Waals surface area contributed by atoms with Crippen LogP contribution in [-0.2, 0) is 6.54 Å². The number of nitrogens with one attached hydrogen (secondary N) is 1. The smallest absolute Gasteiger partial charge is 0.258 e. The van der Waals surface area contributed by atoms with Crippen LogP contribution < -0.4 is 0 Å². The highest BCUT2D eigenvalue weighted by Crippen LogP contribution is 2.30. The summed E-state index contributed by atoms with van der Waals surface area (Å²) in [6.07, 6.45) is 1.61. The number of rotatable bonds is 3. The molecule has 1 aliphatic rings. The van der Waals surface area contributed by atoms with E-state index in [0.29, 0.717) is 18.7 Å². The minimum Gasteiger partial charge on any atom is -0.329 e. The third-order valence-corrected chi connectivity index (χ3v) is 5.87. The largest absolute Gasteiger partial charge is 0.329 e. The van der Waals surface area contributed by atoms with Crippen LogP contribution in [0.2, 0.25) is 0 Å². The fourth-order valence-electron chi connectivity index (χ4n) is 3.70. The molecular weight excluding hydrogens is 372 g/mol. The van der Waals surface area contributed by atoms with Crippen molar-refractivity contribution in [1.29, 1.82) is 0 Å². The number of aromatic nitrogens is 5. The summed E-state index contributed by atoms with van der Waals surface area (Å²) < 4.78 is 2.13. The number of thiophene rings is 1. The van der Waals surface area contributed by atoms with E-state index in [9.17, 15) is 4.79 Å². The first-order valence-corrected chi connectivity index (χ1v) is 9.96. The molecule has 0 bridgehead atoms. The zero-order valence-corrected chi connectivity index (χ0v) is 16.1. The first kappa shape index (κ1) is 16.9. The Morgan fingerprint density at radius 2 is 2.04 bits per heavy atom. The van der Waals surface area contributed by atoms with Gasteiger partial charge in [0.1, 0.15) is 0 Å². The normalized spacial score (nSPS) is 16.2. The summed E-state index contributed by atoms with van der Waals surface area (Å²) in [6.45, 7) is 3.12. The SMILES string of the molecule is C[C@H]1CN(C(=O)c2cn[nH]c2-c2cccs2)Cc2nnc(-c3ccccc3)n21. The molecule has 4 heterocycles. The topological polar surface area (TPSA) is 79.7 Å². The average Bonchev–Trinajstić information content (AvgIpc) is 3.47. The molecule has 0 radical (unpaired) electrons. The Labute approximate surface area is 165 Å². The fraction of sp³-hybridized carbons (Fsp3) is 0.200. The van der Waals surface area contributed by atoms with E-state index in [-0.39, 0.29) is 11.9 Å². The maximum absolute atomic E-state index is 13.2. The molecular formula is C20H18N6OS. The van der Waals surface area contributed by atoms with Crippen LogP contribution in [0, 0.1) is 0 Å². The van der Waals surface area contributed by atoms with Crippen molar-refractivity contribution < 1.29 is 4.79 Å². The first-order chi connectivity index (χ1) is 13.7. The number of hydrogen-bond acceptors (Lipinski definition) is 5. The maximum Gasteiger partial charge on any atom is 0.258 e. The first-order valence-electron chi connectivity index (χ1n) is 9.08. The number of carbonyl (C=O) groups is 1. The van der Waals surface area contributed by atoms with Crippen LogP contribution in [0.5, 0.6) is 0 Å². The van der Waals surface area contributed by atoms with Crippen molar-refractivity contribution in [2.24, 2.45) is 0 Å². The monoisotopic (exact) mass is 390 g/mol. The van der Waals surface area contributed by atoms with Gasteiger partial charge in [-0.1, -0.05) is 36.4 Å². The number of nitrogens with zero attached hydrogens (tertiary/aromatic N) is 5. The summed E-state index contributed by atoms with van der Waals surface area (Å²) in [6, 6.07) is 14.0. The van der Waals surface area contributed by atoms with Crippen molar-refractivity contribution in [1.82, 2.24) is 29.9 Å². The molecule has 1 aliphatic heterocycles. The van der Waals surface area contributed by atoms with Gasteiger partial charge in [-0.25, -0.2) is 0 Å². The Morgan fingerprint density at radius 3 is 2.82 bits per heavy atom. The Balaban J connectivity index is 1.46. The molecule has 4 aromatic rings. The van der Waals surface area contributed by atoms with E-state index in [4.69, 9.17) is 0 Å². The van der Waals surface area contributed by atoms with Crippen molar-refractivity contribution in [2.75, 3.05) is 6.54 Å². The van der Waals surface area contributed by atoms with Gasteiger partial charge in [-0.05, 0) is 18.4 Å². The molecule has 0 aliphatic carbocycles. The fourth-order valence-corrected chi connectivity index (χ4v) is 4.43. The highest BCUT2D eigenvalue weighted by Gasteiger charge is 2.31. The molecule has 28 heavy (non-hydrogen) atoms. The molecule has 1 amide bonds. The van der Waals surface area contributed by atoms with Crippen LogP contribution in [0.4, 0.5) is 0 Å². The molecule has 0 spiro atoms. The summed E-state index contributed by atoms with van der Waals surface area (Å²) in [5, 5.41) is 17.8. The van der Waals surface area contributed by atoms with Gasteiger partial charge in [0, 0.05) is 12.1 Å². The van der Waals surface area contributed by atoms with E-state index in [1.807, 2.05) is 52.7 Å². The van der Waals surface area contributed by atoms with Gasteiger partial charge in [0.25, 0.3) is 5.91 Å². The molecule has 7 nitrogen and oxygen atoms in total. The van der Waals surface area contributed by atoms with Crippen molar-refractivity contribution in [3.63, 3.8) is 0 Å². The lowest BCUT2D eigenvalue weighted by molar-refractivity contribution is 0.0683. The molecule has 3 aromatic heterocycles. The van der Waals surface area contributed by atoms with Crippen LogP contribution in [0.15, 0.2) is 54.0 Å². The second kappa shape index (κ2) is 6.72. The Bertz CT molecular complexity index is 1120. The molecule has 1 aromatic carbocycles. The summed E-state index contributed by atoms with van der Waals surface area (Å²) in [5.41, 5.74) is 2.39. The number of H-pyrrole nitrogens is 1. The van der Waals surface area contributed by atoms with Crippen molar-refractivity contribution >= 4 is 17.2 Å². The standard InChI is InChI=1S/C20H18N6OS/c1-13-11-25(20(27)15-10-21-23-18(15)16-8-5-9-28-16)12-17-22-24-19(26(13)17)14-6-3-2-4-7-14/h2-10,13H,11-12H2,1H3,(H,21,23)/t13-/m0/s1. The van der Waals surface area contributed by atoms with Crippen molar-refractivity contribution in [2.45, 2.75) is 19.5 Å². The molecule has 1 N–H and O–H groups in total. The third-order valence-electron chi connectivity index (χ3n) is 4.98. The second-order valence-corrected chi connectivity index (χ2v) is 7.79. The Hall–Kier alpha value is -3.26.